The second-order valence-electron chi connectivity index (χ2n) is 10.7. The van der Waals surface area contributed by atoms with Crippen molar-refractivity contribution in [2.24, 2.45) is 7.05 Å². The van der Waals surface area contributed by atoms with Crippen molar-refractivity contribution in [2.45, 2.75) is 51.1 Å². The maximum atomic E-state index is 13.9. The number of fused-ring (bicyclic) bond motifs is 1. The van der Waals surface area contributed by atoms with E-state index in [1.807, 2.05) is 47.7 Å². The van der Waals surface area contributed by atoms with Crippen LogP contribution in [0.15, 0.2) is 48.8 Å². The van der Waals surface area contributed by atoms with Gasteiger partial charge >= 0.3 is 5.97 Å². The maximum absolute atomic E-state index is 13.9. The van der Waals surface area contributed by atoms with Crippen LogP contribution in [0.2, 0.25) is 10.0 Å². The largest absolute Gasteiger partial charge is 0.469 e. The van der Waals surface area contributed by atoms with E-state index in [0.717, 1.165) is 33.6 Å². The quantitative estimate of drug-likeness (QED) is 0.182. The van der Waals surface area contributed by atoms with Crippen molar-refractivity contribution in [1.29, 1.82) is 0 Å². The number of halogens is 2. The zero-order chi connectivity index (χ0) is 31.4. The molecule has 0 bridgehead atoms. The van der Waals surface area contributed by atoms with E-state index in [1.165, 1.54) is 18.4 Å². The first-order valence-corrected chi connectivity index (χ1v) is 16.0. The molecule has 2 aromatic carbocycles. The molecule has 2 amide bonds. The predicted octanol–water partition coefficient (Wildman–Crippen LogP) is 6.61. The summed E-state index contributed by atoms with van der Waals surface area (Å²) in [5.74, 6) is -0.699. The molecule has 1 fully saturated rings. The summed E-state index contributed by atoms with van der Waals surface area (Å²) < 4.78 is 12.4. The Kier molecular flexibility index (Phi) is 10.3. The van der Waals surface area contributed by atoms with Crippen LogP contribution >= 0.6 is 34.5 Å². The number of nitrogens with one attached hydrogen (secondary N) is 1. The van der Waals surface area contributed by atoms with E-state index in [0.29, 0.717) is 41.5 Å². The number of benzene rings is 2. The molecule has 44 heavy (non-hydrogen) atoms. The molecule has 1 aliphatic rings. The van der Waals surface area contributed by atoms with Crippen molar-refractivity contribution in [2.75, 3.05) is 25.6 Å². The Labute approximate surface area is 270 Å². The summed E-state index contributed by atoms with van der Waals surface area (Å²) in [4.78, 5) is 46.1. The van der Waals surface area contributed by atoms with Gasteiger partial charge < -0.3 is 24.3 Å². The first-order valence-electron chi connectivity index (χ1n) is 14.4. The highest BCUT2D eigenvalue weighted by Crippen LogP contribution is 2.39. The molecule has 2 aromatic heterocycles. The number of hydrogen-bond acceptors (Lipinski definition) is 7. The van der Waals surface area contributed by atoms with Crippen LogP contribution in [-0.4, -0.2) is 58.6 Å². The summed E-state index contributed by atoms with van der Waals surface area (Å²) in [6.07, 6.45) is 5.90. The van der Waals surface area contributed by atoms with E-state index in [-0.39, 0.29) is 47.7 Å². The zero-order valence-corrected chi connectivity index (χ0v) is 27.1. The van der Waals surface area contributed by atoms with Gasteiger partial charge in [-0.05, 0) is 49.9 Å². The Hall–Kier alpha value is -3.44. The number of methoxy groups -OCH3 is 1. The van der Waals surface area contributed by atoms with E-state index in [9.17, 15) is 14.4 Å². The molecular formula is C32H34Cl2N4O5S. The van der Waals surface area contributed by atoms with Gasteiger partial charge in [0, 0.05) is 46.9 Å². The van der Waals surface area contributed by atoms with Gasteiger partial charge in [0.05, 0.1) is 54.9 Å². The van der Waals surface area contributed by atoms with Crippen LogP contribution < -0.4 is 5.32 Å². The maximum Gasteiger partial charge on any atom is 0.305 e. The molecule has 0 saturated carbocycles. The summed E-state index contributed by atoms with van der Waals surface area (Å²) in [7, 11) is 3.26. The van der Waals surface area contributed by atoms with Crippen molar-refractivity contribution in [3.63, 3.8) is 0 Å². The minimum absolute atomic E-state index is 0.0236. The SMILES string of the molecule is CCOC[C@@H]1CC[C@@H](c2ncc(CCC(=O)OC)s2)N1C(=O)Cc1cc(Cl)c(NC(=O)c2cn(C)c3ccccc23)cc1Cl. The molecule has 0 unspecified atom stereocenters. The third-order valence-corrected chi connectivity index (χ3v) is 9.65. The Balaban J connectivity index is 1.33. The highest BCUT2D eigenvalue weighted by Gasteiger charge is 2.39. The van der Waals surface area contributed by atoms with Crippen LogP contribution in [0.5, 0.6) is 0 Å². The van der Waals surface area contributed by atoms with Crippen LogP contribution in [0.25, 0.3) is 10.9 Å². The van der Waals surface area contributed by atoms with Crippen molar-refractivity contribution in [3.8, 4) is 0 Å². The first kappa shape index (κ1) is 32.0. The van der Waals surface area contributed by atoms with Crippen LogP contribution in [0.1, 0.15) is 58.0 Å². The van der Waals surface area contributed by atoms with Crippen LogP contribution in [0.4, 0.5) is 5.69 Å². The van der Waals surface area contributed by atoms with Gasteiger partial charge in [-0.1, -0.05) is 41.4 Å². The lowest BCUT2D eigenvalue weighted by Gasteiger charge is -2.29. The highest BCUT2D eigenvalue weighted by atomic mass is 35.5. The number of esters is 1. The second kappa shape index (κ2) is 14.1. The molecule has 0 radical (unpaired) electrons. The molecule has 0 aliphatic carbocycles. The number of anilines is 1. The molecule has 1 N–H and O–H groups in total. The molecule has 4 aromatic rings. The molecule has 232 valence electrons. The second-order valence-corrected chi connectivity index (χ2v) is 12.6. The minimum Gasteiger partial charge on any atom is -0.469 e. The summed E-state index contributed by atoms with van der Waals surface area (Å²) in [6.45, 7) is 2.90. The van der Waals surface area contributed by atoms with E-state index in [1.54, 1.807) is 24.5 Å². The monoisotopic (exact) mass is 656 g/mol. The number of thiazole rings is 1. The van der Waals surface area contributed by atoms with Gasteiger partial charge in [-0.3, -0.25) is 14.4 Å². The average molecular weight is 658 g/mol. The Morgan fingerprint density at radius 3 is 2.70 bits per heavy atom. The average Bonchev–Trinajstić information content (AvgIpc) is 3.74. The Morgan fingerprint density at radius 2 is 1.93 bits per heavy atom. The number of likely N-dealkylation sites (tertiary alicyclic amines) is 1. The highest BCUT2D eigenvalue weighted by molar-refractivity contribution is 7.11. The summed E-state index contributed by atoms with van der Waals surface area (Å²) in [5.41, 5.74) is 2.38. The fourth-order valence-electron chi connectivity index (χ4n) is 5.63. The third-order valence-electron chi connectivity index (χ3n) is 7.83. The molecular weight excluding hydrogens is 623 g/mol. The lowest BCUT2D eigenvalue weighted by Crippen LogP contribution is -2.40. The van der Waals surface area contributed by atoms with E-state index >= 15 is 0 Å². The van der Waals surface area contributed by atoms with E-state index in [2.05, 4.69) is 10.3 Å². The summed E-state index contributed by atoms with van der Waals surface area (Å²) in [6, 6.07) is 10.6. The Bertz CT molecular complexity index is 1690. The molecule has 9 nitrogen and oxygen atoms in total. The Morgan fingerprint density at radius 1 is 1.14 bits per heavy atom. The van der Waals surface area contributed by atoms with Gasteiger partial charge in [-0.25, -0.2) is 4.98 Å². The van der Waals surface area contributed by atoms with E-state index in [4.69, 9.17) is 32.7 Å². The predicted molar refractivity (Wildman–Crippen MR) is 173 cm³/mol. The first-order chi connectivity index (χ1) is 21.2. The summed E-state index contributed by atoms with van der Waals surface area (Å²) >= 11 is 14.8. The van der Waals surface area contributed by atoms with Gasteiger partial charge in [0.15, 0.2) is 0 Å². The van der Waals surface area contributed by atoms with Crippen molar-refractivity contribution in [1.82, 2.24) is 14.5 Å². The van der Waals surface area contributed by atoms with Gasteiger partial charge in [-0.2, -0.15) is 0 Å². The molecule has 3 heterocycles. The number of aromatic nitrogens is 2. The number of carbonyl (C=O) groups excluding carboxylic acids is 3. The van der Waals surface area contributed by atoms with Crippen LogP contribution in [-0.2, 0) is 39.0 Å². The van der Waals surface area contributed by atoms with Gasteiger partial charge in [-0.15, -0.1) is 11.3 Å². The number of carbonyl (C=O) groups is 3. The van der Waals surface area contributed by atoms with Crippen molar-refractivity contribution in [3.05, 3.63) is 79.8 Å². The fraction of sp³-hybridized carbons (Fsp3) is 0.375. The standard InChI is InChI=1S/C32H34Cl2N4O5S/c1-4-43-18-20-9-11-28(32-35-16-21(44-32)10-12-30(40)42-3)38(20)29(39)14-19-13-25(34)26(15-24(19)33)36-31(41)23-17-37(2)27-8-6-5-7-22(23)27/h5-8,13,15-17,20,28H,4,9-12,14,18H2,1-3H3,(H,36,41)/t20-,28-/m0/s1. The summed E-state index contributed by atoms with van der Waals surface area (Å²) in [5, 5.41) is 5.14. The van der Waals surface area contributed by atoms with Crippen molar-refractivity contribution >= 4 is 68.9 Å². The van der Waals surface area contributed by atoms with E-state index < -0.39 is 0 Å². The lowest BCUT2D eigenvalue weighted by molar-refractivity contribution is -0.140. The smallest absolute Gasteiger partial charge is 0.305 e. The number of rotatable bonds is 11. The molecule has 0 spiro atoms. The number of amides is 2. The van der Waals surface area contributed by atoms with Gasteiger partial charge in [0.2, 0.25) is 5.91 Å². The van der Waals surface area contributed by atoms with Gasteiger partial charge in [0.25, 0.3) is 5.91 Å². The van der Waals surface area contributed by atoms with Gasteiger partial charge in [0.1, 0.15) is 5.01 Å². The molecule has 1 aliphatic heterocycles. The zero-order valence-electron chi connectivity index (χ0n) is 24.8. The van der Waals surface area contributed by atoms with Crippen LogP contribution in [0, 0.1) is 0 Å². The number of aryl methyl sites for hydroxylation is 2. The fourth-order valence-corrected chi connectivity index (χ4v) is 7.14. The molecule has 5 rings (SSSR count). The number of para-hydroxylation sites is 1. The number of ether oxygens (including phenoxy) is 2. The number of nitrogens with zero attached hydrogens (tertiary/aromatic N) is 3. The number of hydrogen-bond donors (Lipinski definition) is 1. The minimum atomic E-state index is -0.309. The van der Waals surface area contributed by atoms with Crippen molar-refractivity contribution < 1.29 is 23.9 Å². The molecule has 2 atom stereocenters. The lowest BCUT2D eigenvalue weighted by atomic mass is 10.1. The van der Waals surface area contributed by atoms with Crippen LogP contribution in [0.3, 0.4) is 0 Å². The third kappa shape index (κ3) is 6.94. The molecule has 12 heteroatoms. The molecule has 1 saturated heterocycles. The topological polar surface area (TPSA) is 103 Å². The normalized spacial score (nSPS) is 16.4.